The minimum Gasteiger partial charge on any atom is -0.379 e. The zero-order chi connectivity index (χ0) is 15.5. The number of aryl methyl sites for hydroxylation is 2. The number of nitrogens with zero attached hydrogens (tertiary/aromatic N) is 2. The van der Waals surface area contributed by atoms with Gasteiger partial charge in [0, 0.05) is 26.1 Å². The number of hydrogen-bond acceptors (Lipinski definition) is 3. The molecule has 0 fully saturated rings. The maximum Gasteiger partial charge on any atom is 0.0847 e. The van der Waals surface area contributed by atoms with Crippen molar-refractivity contribution in [3.63, 3.8) is 0 Å². The molecule has 116 valence electrons. The van der Waals surface area contributed by atoms with Crippen LogP contribution in [0.2, 0.25) is 5.02 Å². The van der Waals surface area contributed by atoms with Crippen LogP contribution in [0, 0.1) is 12.3 Å². The van der Waals surface area contributed by atoms with Crippen LogP contribution in [-0.4, -0.2) is 36.1 Å². The molecule has 0 aliphatic rings. The van der Waals surface area contributed by atoms with E-state index in [2.05, 4.69) is 38.1 Å². The molecule has 2 atom stereocenters. The molecule has 0 bridgehead atoms. The molecule has 0 spiro atoms. The summed E-state index contributed by atoms with van der Waals surface area (Å²) in [5.74, 6) is 0. The fourth-order valence-electron chi connectivity index (χ4n) is 2.75. The third-order valence-electron chi connectivity index (χ3n) is 3.71. The Kier molecular flexibility index (Phi) is 6.05. The summed E-state index contributed by atoms with van der Waals surface area (Å²) in [5.41, 5.74) is 2.03. The van der Waals surface area contributed by atoms with Crippen LogP contribution in [0.5, 0.6) is 0 Å². The topological polar surface area (TPSA) is 39.1 Å². The third-order valence-corrected chi connectivity index (χ3v) is 4.20. The minimum atomic E-state index is 0.0566. The first-order valence-corrected chi connectivity index (χ1v) is 7.55. The molecule has 1 aromatic rings. The summed E-state index contributed by atoms with van der Waals surface area (Å²) in [6.45, 7) is 11.4. The predicted molar refractivity (Wildman–Crippen MR) is 84.5 cm³/mol. The maximum atomic E-state index is 6.40. The molecule has 0 saturated carbocycles. The number of rotatable bonds is 6. The average Bonchev–Trinajstić information content (AvgIpc) is 2.64. The molecule has 0 aromatic carbocycles. The lowest BCUT2D eigenvalue weighted by Gasteiger charge is -2.36. The van der Waals surface area contributed by atoms with Crippen molar-refractivity contribution in [1.82, 2.24) is 15.1 Å². The van der Waals surface area contributed by atoms with Crippen molar-refractivity contribution < 1.29 is 4.74 Å². The number of hydrogen-bond donors (Lipinski definition) is 1. The SMILES string of the molecule is CCn1nc(C)c(Cl)c1CC(NC)C(OC)C(C)(C)C. The van der Waals surface area contributed by atoms with Crippen LogP contribution in [-0.2, 0) is 17.7 Å². The molecule has 1 N–H and O–H groups in total. The fourth-order valence-corrected chi connectivity index (χ4v) is 2.97. The van der Waals surface area contributed by atoms with Gasteiger partial charge in [0.15, 0.2) is 0 Å². The van der Waals surface area contributed by atoms with Crippen LogP contribution in [0.3, 0.4) is 0 Å². The van der Waals surface area contributed by atoms with Crippen LogP contribution in [0.15, 0.2) is 0 Å². The highest BCUT2D eigenvalue weighted by Crippen LogP contribution is 2.28. The van der Waals surface area contributed by atoms with Crippen LogP contribution in [0.25, 0.3) is 0 Å². The van der Waals surface area contributed by atoms with Crippen molar-refractivity contribution in [2.24, 2.45) is 5.41 Å². The van der Waals surface area contributed by atoms with Gasteiger partial charge in [-0.25, -0.2) is 0 Å². The van der Waals surface area contributed by atoms with Gasteiger partial charge in [0.25, 0.3) is 0 Å². The van der Waals surface area contributed by atoms with Gasteiger partial charge in [-0.1, -0.05) is 32.4 Å². The molecule has 0 aliphatic carbocycles. The summed E-state index contributed by atoms with van der Waals surface area (Å²) >= 11 is 6.40. The zero-order valence-electron chi connectivity index (χ0n) is 13.7. The first-order valence-electron chi connectivity index (χ1n) is 7.18. The highest BCUT2D eigenvalue weighted by atomic mass is 35.5. The van der Waals surface area contributed by atoms with Crippen molar-refractivity contribution in [2.45, 2.75) is 59.7 Å². The van der Waals surface area contributed by atoms with E-state index in [0.29, 0.717) is 0 Å². The monoisotopic (exact) mass is 301 g/mol. The number of halogens is 1. The molecule has 1 aromatic heterocycles. The van der Waals surface area contributed by atoms with E-state index in [4.69, 9.17) is 16.3 Å². The Hall–Kier alpha value is -0.580. The average molecular weight is 302 g/mol. The molecule has 0 aliphatic heterocycles. The van der Waals surface area contributed by atoms with E-state index >= 15 is 0 Å². The van der Waals surface area contributed by atoms with Gasteiger partial charge in [-0.3, -0.25) is 4.68 Å². The largest absolute Gasteiger partial charge is 0.379 e. The normalized spacial score (nSPS) is 15.4. The third kappa shape index (κ3) is 3.74. The molecule has 1 heterocycles. The summed E-state index contributed by atoms with van der Waals surface area (Å²) in [5, 5.41) is 8.62. The van der Waals surface area contributed by atoms with Gasteiger partial charge in [-0.2, -0.15) is 5.10 Å². The van der Waals surface area contributed by atoms with Crippen LogP contribution in [0.1, 0.15) is 39.1 Å². The van der Waals surface area contributed by atoms with E-state index in [1.807, 2.05) is 18.7 Å². The van der Waals surface area contributed by atoms with Crippen molar-refractivity contribution in [3.05, 3.63) is 16.4 Å². The van der Waals surface area contributed by atoms with Gasteiger partial charge in [-0.05, 0) is 26.3 Å². The molecule has 2 unspecified atom stereocenters. The summed E-state index contributed by atoms with van der Waals surface area (Å²) in [6.07, 6.45) is 0.906. The lowest BCUT2D eigenvalue weighted by Crippen LogP contribution is -2.48. The number of likely N-dealkylation sites (N-methyl/N-ethyl adjacent to an activating group) is 1. The fraction of sp³-hybridized carbons (Fsp3) is 0.800. The van der Waals surface area contributed by atoms with Crippen molar-refractivity contribution >= 4 is 11.6 Å². The second-order valence-electron chi connectivity index (χ2n) is 6.28. The lowest BCUT2D eigenvalue weighted by atomic mass is 9.83. The molecule has 1 rings (SSSR count). The number of methoxy groups -OCH3 is 1. The van der Waals surface area contributed by atoms with E-state index in [-0.39, 0.29) is 17.6 Å². The van der Waals surface area contributed by atoms with E-state index in [0.717, 1.165) is 29.4 Å². The Morgan fingerprint density at radius 3 is 2.40 bits per heavy atom. The van der Waals surface area contributed by atoms with E-state index in [9.17, 15) is 0 Å². The standard InChI is InChI=1S/C15H28ClN3O/c1-8-19-12(13(16)10(2)18-19)9-11(17-6)14(20-7)15(3,4)5/h11,14,17H,8-9H2,1-7H3. The molecule has 5 heteroatoms. The van der Waals surface area contributed by atoms with Gasteiger partial charge < -0.3 is 10.1 Å². The Labute approximate surface area is 127 Å². The molecular weight excluding hydrogens is 274 g/mol. The Morgan fingerprint density at radius 1 is 1.40 bits per heavy atom. The van der Waals surface area contributed by atoms with Gasteiger partial charge >= 0.3 is 0 Å². The summed E-state index contributed by atoms with van der Waals surface area (Å²) in [4.78, 5) is 0. The van der Waals surface area contributed by atoms with E-state index in [1.54, 1.807) is 7.11 Å². The first-order chi connectivity index (χ1) is 9.26. The van der Waals surface area contributed by atoms with Crippen LogP contribution < -0.4 is 5.32 Å². The van der Waals surface area contributed by atoms with Crippen molar-refractivity contribution in [3.8, 4) is 0 Å². The van der Waals surface area contributed by atoms with E-state index < -0.39 is 0 Å². The van der Waals surface area contributed by atoms with E-state index in [1.165, 1.54) is 0 Å². The first kappa shape index (κ1) is 17.5. The predicted octanol–water partition coefficient (Wildman–Crippen LogP) is 3.06. The molecule has 0 saturated heterocycles. The highest BCUT2D eigenvalue weighted by molar-refractivity contribution is 6.31. The molecule has 0 radical (unpaired) electrons. The zero-order valence-corrected chi connectivity index (χ0v) is 14.5. The highest BCUT2D eigenvalue weighted by Gasteiger charge is 2.33. The summed E-state index contributed by atoms with van der Waals surface area (Å²) in [6, 6.07) is 0.193. The van der Waals surface area contributed by atoms with Crippen LogP contribution >= 0.6 is 11.6 Å². The Morgan fingerprint density at radius 2 is 2.00 bits per heavy atom. The minimum absolute atomic E-state index is 0.0566. The molecule has 20 heavy (non-hydrogen) atoms. The number of nitrogens with one attached hydrogen (secondary N) is 1. The molecule has 4 nitrogen and oxygen atoms in total. The molecular formula is C15H28ClN3O. The van der Waals surface area contributed by atoms with Crippen LogP contribution in [0.4, 0.5) is 0 Å². The maximum absolute atomic E-state index is 6.40. The number of aromatic nitrogens is 2. The quantitative estimate of drug-likeness (QED) is 0.878. The second kappa shape index (κ2) is 6.92. The smallest absolute Gasteiger partial charge is 0.0847 e. The van der Waals surface area contributed by atoms with Gasteiger partial charge in [0.2, 0.25) is 0 Å². The summed E-state index contributed by atoms with van der Waals surface area (Å²) < 4.78 is 7.71. The Balaban J connectivity index is 3.05. The summed E-state index contributed by atoms with van der Waals surface area (Å²) in [7, 11) is 3.74. The number of ether oxygens (including phenoxy) is 1. The van der Waals surface area contributed by atoms with Gasteiger partial charge in [-0.15, -0.1) is 0 Å². The van der Waals surface area contributed by atoms with Crippen molar-refractivity contribution in [1.29, 1.82) is 0 Å². The molecule has 0 amide bonds. The second-order valence-corrected chi connectivity index (χ2v) is 6.66. The lowest BCUT2D eigenvalue weighted by molar-refractivity contribution is -0.00962. The Bertz CT molecular complexity index is 437. The van der Waals surface area contributed by atoms with Gasteiger partial charge in [0.05, 0.1) is 22.5 Å². The van der Waals surface area contributed by atoms with Crippen molar-refractivity contribution in [2.75, 3.05) is 14.2 Å². The van der Waals surface area contributed by atoms with Gasteiger partial charge in [0.1, 0.15) is 0 Å².